The highest BCUT2D eigenvalue weighted by atomic mass is 19.3. The maximum Gasteiger partial charge on any atom is 0.387 e. The predicted octanol–water partition coefficient (Wildman–Crippen LogP) is 4.08. The number of halogens is 2. The minimum atomic E-state index is -3.04. The van der Waals surface area contributed by atoms with Crippen LogP contribution in [0.25, 0.3) is 0 Å². The quantitative estimate of drug-likeness (QED) is 0.556. The summed E-state index contributed by atoms with van der Waals surface area (Å²) in [5, 5.41) is 2.99. The van der Waals surface area contributed by atoms with Crippen molar-refractivity contribution in [2.24, 2.45) is 0 Å². The number of nitrogens with one attached hydrogen (secondary N) is 1. The summed E-state index contributed by atoms with van der Waals surface area (Å²) < 4.78 is 45.7. The van der Waals surface area contributed by atoms with Crippen molar-refractivity contribution in [3.8, 4) is 11.5 Å². The van der Waals surface area contributed by atoms with E-state index in [9.17, 15) is 23.2 Å². The molecule has 0 aromatic heterocycles. The van der Waals surface area contributed by atoms with Gasteiger partial charge in [-0.05, 0) is 61.2 Å². The van der Waals surface area contributed by atoms with Gasteiger partial charge in [0.2, 0.25) is 0 Å². The van der Waals surface area contributed by atoms with E-state index in [4.69, 9.17) is 9.47 Å². The van der Waals surface area contributed by atoms with Gasteiger partial charge in [-0.25, -0.2) is 4.79 Å². The highest BCUT2D eigenvalue weighted by Gasteiger charge is 2.35. The number of carbonyl (C=O) groups excluding carboxylic acids is 3. The van der Waals surface area contributed by atoms with Crippen molar-refractivity contribution < 1.29 is 42.1 Å². The van der Waals surface area contributed by atoms with Gasteiger partial charge < -0.3 is 24.3 Å². The summed E-state index contributed by atoms with van der Waals surface area (Å²) in [6.45, 7) is -1.72. The molecule has 0 heterocycles. The van der Waals surface area contributed by atoms with Crippen molar-refractivity contribution >= 4 is 17.8 Å². The Morgan fingerprint density at radius 2 is 1.66 bits per heavy atom. The first-order valence-corrected chi connectivity index (χ1v) is 11.0. The molecule has 3 unspecified atom stereocenters. The average Bonchev–Trinajstić information content (AvgIpc) is 2.83. The van der Waals surface area contributed by atoms with Crippen molar-refractivity contribution in [2.45, 2.75) is 50.9 Å². The molecule has 0 bridgehead atoms. The second kappa shape index (κ2) is 11.6. The van der Waals surface area contributed by atoms with E-state index in [1.54, 1.807) is 6.07 Å². The van der Waals surface area contributed by atoms with E-state index in [1.807, 2.05) is 0 Å². The number of carbonyl (C=O) groups is 3. The maximum absolute atomic E-state index is 13.0. The van der Waals surface area contributed by atoms with Crippen molar-refractivity contribution in [3.05, 3.63) is 59.2 Å². The normalized spacial score (nSPS) is 19.5. The number of rotatable bonds is 8. The predicted molar refractivity (Wildman–Crippen MR) is 121 cm³/mol. The van der Waals surface area contributed by atoms with Crippen LogP contribution in [0.15, 0.2) is 42.5 Å². The lowest BCUT2D eigenvalue weighted by molar-refractivity contribution is -0.148. The monoisotopic (exact) mass is 491 g/mol. The van der Waals surface area contributed by atoms with Crippen LogP contribution in [0.2, 0.25) is 0 Å². The third-order valence-corrected chi connectivity index (χ3v) is 5.85. The van der Waals surface area contributed by atoms with E-state index >= 15 is 0 Å². The van der Waals surface area contributed by atoms with E-state index in [0.29, 0.717) is 36.0 Å². The minimum absolute atomic E-state index is 0.127. The fourth-order valence-electron chi connectivity index (χ4n) is 4.25. The van der Waals surface area contributed by atoms with Crippen LogP contribution >= 0.6 is 0 Å². The Morgan fingerprint density at radius 1 is 0.971 bits per heavy atom. The van der Waals surface area contributed by atoms with Crippen molar-refractivity contribution in [1.29, 1.82) is 0 Å². The molecule has 2 aromatic rings. The van der Waals surface area contributed by atoms with Crippen LogP contribution in [0, 0.1) is 0 Å². The summed E-state index contributed by atoms with van der Waals surface area (Å²) in [6, 6.07) is 10.3. The molecule has 2 aromatic carbocycles. The van der Waals surface area contributed by atoms with Crippen LogP contribution in [0.3, 0.4) is 0 Å². The standard InChI is InChI=1S/C25H27F2NO7/c1-14(29)34-18-9-10-20(28-23(30)15-4-6-16(7-5-15)24(31)33-3)19(13-18)17-8-11-21(32-2)22(12-17)35-25(26)27/h4-8,11-12,18-20,25H,9-10,13H2,1-3H3,(H,28,30). The zero-order valence-electron chi connectivity index (χ0n) is 19.6. The fraction of sp³-hybridized carbons (Fsp3) is 0.400. The van der Waals surface area contributed by atoms with Gasteiger partial charge in [0.25, 0.3) is 5.91 Å². The second-order valence-electron chi connectivity index (χ2n) is 8.09. The van der Waals surface area contributed by atoms with E-state index in [0.717, 1.165) is 0 Å². The van der Waals surface area contributed by atoms with E-state index < -0.39 is 18.6 Å². The Bertz CT molecular complexity index is 1060. The van der Waals surface area contributed by atoms with Crippen LogP contribution in [0.4, 0.5) is 8.78 Å². The molecular weight excluding hydrogens is 464 g/mol. The van der Waals surface area contributed by atoms with Gasteiger partial charge in [-0.1, -0.05) is 6.07 Å². The molecule has 0 saturated heterocycles. The number of alkyl halides is 2. The molecule has 3 atom stereocenters. The molecule has 3 rings (SSSR count). The maximum atomic E-state index is 13.0. The average molecular weight is 491 g/mol. The van der Waals surface area contributed by atoms with Crippen molar-refractivity contribution in [2.75, 3.05) is 14.2 Å². The number of methoxy groups -OCH3 is 2. The van der Waals surface area contributed by atoms with Gasteiger partial charge in [-0.3, -0.25) is 9.59 Å². The molecule has 1 amide bonds. The van der Waals surface area contributed by atoms with E-state index in [1.165, 1.54) is 57.5 Å². The van der Waals surface area contributed by atoms with Gasteiger partial charge in [-0.15, -0.1) is 0 Å². The summed E-state index contributed by atoms with van der Waals surface area (Å²) in [5.74, 6) is -1.62. The first-order chi connectivity index (χ1) is 16.7. The van der Waals surface area contributed by atoms with Gasteiger partial charge in [0, 0.05) is 24.4 Å². The van der Waals surface area contributed by atoms with Crippen LogP contribution in [0.5, 0.6) is 11.5 Å². The highest BCUT2D eigenvalue weighted by Crippen LogP contribution is 2.39. The molecular formula is C25H27F2NO7. The van der Waals surface area contributed by atoms with Gasteiger partial charge in [0.15, 0.2) is 11.5 Å². The van der Waals surface area contributed by atoms with E-state index in [-0.39, 0.29) is 35.5 Å². The van der Waals surface area contributed by atoms with Crippen LogP contribution in [0.1, 0.15) is 58.4 Å². The molecule has 0 radical (unpaired) electrons. The molecule has 1 saturated carbocycles. The van der Waals surface area contributed by atoms with Crippen LogP contribution < -0.4 is 14.8 Å². The van der Waals surface area contributed by atoms with Crippen LogP contribution in [-0.2, 0) is 14.3 Å². The largest absolute Gasteiger partial charge is 0.493 e. The number of amides is 1. The molecule has 35 heavy (non-hydrogen) atoms. The Labute approximate surface area is 201 Å². The van der Waals surface area contributed by atoms with Gasteiger partial charge >= 0.3 is 18.6 Å². The van der Waals surface area contributed by atoms with Gasteiger partial charge in [0.1, 0.15) is 6.10 Å². The van der Waals surface area contributed by atoms with Gasteiger partial charge in [-0.2, -0.15) is 8.78 Å². The molecule has 1 aliphatic carbocycles. The molecule has 188 valence electrons. The first-order valence-electron chi connectivity index (χ1n) is 11.0. The number of esters is 2. The topological polar surface area (TPSA) is 100 Å². The third-order valence-electron chi connectivity index (χ3n) is 5.85. The molecule has 10 heteroatoms. The molecule has 1 N–H and O–H groups in total. The van der Waals surface area contributed by atoms with Crippen molar-refractivity contribution in [1.82, 2.24) is 5.32 Å². The smallest absolute Gasteiger partial charge is 0.387 e. The highest BCUT2D eigenvalue weighted by molar-refractivity contribution is 5.96. The summed E-state index contributed by atoms with van der Waals surface area (Å²) in [4.78, 5) is 36.1. The number of hydrogen-bond donors (Lipinski definition) is 1. The summed E-state index contributed by atoms with van der Waals surface area (Å²) in [7, 11) is 2.62. The lowest BCUT2D eigenvalue weighted by atomic mass is 9.78. The minimum Gasteiger partial charge on any atom is -0.493 e. The second-order valence-corrected chi connectivity index (χ2v) is 8.09. The fourth-order valence-corrected chi connectivity index (χ4v) is 4.25. The van der Waals surface area contributed by atoms with E-state index in [2.05, 4.69) is 14.8 Å². The lowest BCUT2D eigenvalue weighted by Gasteiger charge is -2.36. The number of hydrogen-bond acceptors (Lipinski definition) is 7. The summed E-state index contributed by atoms with van der Waals surface area (Å²) >= 11 is 0. The summed E-state index contributed by atoms with van der Waals surface area (Å²) in [5.41, 5.74) is 1.29. The number of ether oxygens (including phenoxy) is 4. The molecule has 0 spiro atoms. The summed E-state index contributed by atoms with van der Waals surface area (Å²) in [6.07, 6.45) is 1.02. The Kier molecular flexibility index (Phi) is 8.62. The molecule has 1 fully saturated rings. The van der Waals surface area contributed by atoms with Gasteiger partial charge in [0.05, 0.1) is 19.8 Å². The Balaban J connectivity index is 1.86. The number of benzene rings is 2. The molecule has 8 nitrogen and oxygen atoms in total. The third kappa shape index (κ3) is 6.68. The zero-order chi connectivity index (χ0) is 25.5. The molecule has 1 aliphatic rings. The van der Waals surface area contributed by atoms with Crippen molar-refractivity contribution in [3.63, 3.8) is 0 Å². The van der Waals surface area contributed by atoms with Crippen LogP contribution in [-0.4, -0.2) is 50.8 Å². The Hall–Kier alpha value is -3.69. The SMILES string of the molecule is COC(=O)c1ccc(C(=O)NC2CCC(OC(C)=O)CC2c2ccc(OC)c(OC(F)F)c2)cc1. The lowest BCUT2D eigenvalue weighted by Crippen LogP contribution is -2.44. The molecule has 0 aliphatic heterocycles. The Morgan fingerprint density at radius 3 is 2.26 bits per heavy atom. The first kappa shape index (κ1) is 25.9. The zero-order valence-corrected chi connectivity index (χ0v) is 19.6.